The number of carbonyl (C=O) groups is 1. The Morgan fingerprint density at radius 3 is 2.78 bits per heavy atom. The molecule has 0 atom stereocenters. The van der Waals surface area contributed by atoms with Crippen molar-refractivity contribution in [3.8, 4) is 5.75 Å². The SMILES string of the molecule is Cc1ccccc1CCCOc1cccc(C(=O)NCCO)c1. The molecule has 0 saturated carbocycles. The number of benzene rings is 2. The van der Waals surface area contributed by atoms with Crippen LogP contribution >= 0.6 is 0 Å². The summed E-state index contributed by atoms with van der Waals surface area (Å²) in [6, 6.07) is 15.4. The fourth-order valence-corrected chi connectivity index (χ4v) is 2.34. The quantitative estimate of drug-likeness (QED) is 0.737. The minimum Gasteiger partial charge on any atom is -0.494 e. The van der Waals surface area contributed by atoms with Crippen molar-refractivity contribution in [3.63, 3.8) is 0 Å². The van der Waals surface area contributed by atoms with E-state index in [2.05, 4.69) is 30.4 Å². The van der Waals surface area contributed by atoms with Gasteiger partial charge in [0.25, 0.3) is 5.91 Å². The highest BCUT2D eigenvalue weighted by molar-refractivity contribution is 5.94. The van der Waals surface area contributed by atoms with Gasteiger partial charge in [0, 0.05) is 12.1 Å². The number of aliphatic hydroxyl groups excluding tert-OH is 1. The summed E-state index contributed by atoms with van der Waals surface area (Å²) >= 11 is 0. The average Bonchev–Trinajstić information content (AvgIpc) is 2.58. The third-order valence-corrected chi connectivity index (χ3v) is 3.61. The van der Waals surface area contributed by atoms with Gasteiger partial charge in [-0.2, -0.15) is 0 Å². The molecule has 0 aliphatic heterocycles. The minimum absolute atomic E-state index is 0.0686. The summed E-state index contributed by atoms with van der Waals surface area (Å²) in [6.45, 7) is 2.90. The van der Waals surface area contributed by atoms with Gasteiger partial charge in [-0.05, 0) is 49.1 Å². The molecule has 4 nitrogen and oxygen atoms in total. The molecule has 2 aromatic carbocycles. The second-order valence-electron chi connectivity index (χ2n) is 5.39. The topological polar surface area (TPSA) is 58.6 Å². The van der Waals surface area contributed by atoms with Gasteiger partial charge in [-0.25, -0.2) is 0 Å². The Morgan fingerprint density at radius 2 is 2.00 bits per heavy atom. The first-order valence-electron chi connectivity index (χ1n) is 7.87. The average molecular weight is 313 g/mol. The third-order valence-electron chi connectivity index (χ3n) is 3.61. The molecule has 0 unspecified atom stereocenters. The molecule has 0 spiro atoms. The fraction of sp³-hybridized carbons (Fsp3) is 0.316. The zero-order valence-electron chi connectivity index (χ0n) is 13.4. The maximum absolute atomic E-state index is 11.8. The Kier molecular flexibility index (Phi) is 6.63. The van der Waals surface area contributed by atoms with Crippen LogP contribution < -0.4 is 10.1 Å². The summed E-state index contributed by atoms with van der Waals surface area (Å²) in [5.74, 6) is 0.482. The van der Waals surface area contributed by atoms with Crippen molar-refractivity contribution < 1.29 is 14.6 Å². The van der Waals surface area contributed by atoms with E-state index in [1.54, 1.807) is 18.2 Å². The van der Waals surface area contributed by atoms with Crippen molar-refractivity contribution in [1.29, 1.82) is 0 Å². The highest BCUT2D eigenvalue weighted by atomic mass is 16.5. The second kappa shape index (κ2) is 8.96. The zero-order chi connectivity index (χ0) is 16.5. The lowest BCUT2D eigenvalue weighted by atomic mass is 10.0. The largest absolute Gasteiger partial charge is 0.494 e. The van der Waals surface area contributed by atoms with E-state index in [-0.39, 0.29) is 19.1 Å². The van der Waals surface area contributed by atoms with Crippen molar-refractivity contribution in [2.24, 2.45) is 0 Å². The Hall–Kier alpha value is -2.33. The molecular formula is C19H23NO3. The molecule has 23 heavy (non-hydrogen) atoms. The molecule has 0 aliphatic rings. The van der Waals surface area contributed by atoms with Crippen molar-refractivity contribution in [1.82, 2.24) is 5.32 Å². The van der Waals surface area contributed by atoms with Crippen LogP contribution in [0.5, 0.6) is 5.75 Å². The summed E-state index contributed by atoms with van der Waals surface area (Å²) in [6.07, 6.45) is 1.90. The number of aliphatic hydroxyl groups is 1. The molecule has 0 aromatic heterocycles. The van der Waals surface area contributed by atoms with Crippen LogP contribution in [-0.2, 0) is 6.42 Å². The predicted molar refractivity (Wildman–Crippen MR) is 90.9 cm³/mol. The van der Waals surface area contributed by atoms with E-state index in [0.29, 0.717) is 17.9 Å². The Labute approximate surface area is 137 Å². The highest BCUT2D eigenvalue weighted by Gasteiger charge is 2.06. The number of hydrogen-bond donors (Lipinski definition) is 2. The van der Waals surface area contributed by atoms with Crippen LogP contribution in [0.2, 0.25) is 0 Å². The van der Waals surface area contributed by atoms with Crippen LogP contribution in [0.3, 0.4) is 0 Å². The van der Waals surface area contributed by atoms with Crippen LogP contribution in [-0.4, -0.2) is 30.8 Å². The van der Waals surface area contributed by atoms with Crippen molar-refractivity contribution in [2.45, 2.75) is 19.8 Å². The van der Waals surface area contributed by atoms with E-state index in [1.165, 1.54) is 11.1 Å². The lowest BCUT2D eigenvalue weighted by Gasteiger charge is -2.09. The molecule has 2 rings (SSSR count). The number of rotatable bonds is 8. The lowest BCUT2D eigenvalue weighted by Crippen LogP contribution is -2.26. The zero-order valence-corrected chi connectivity index (χ0v) is 13.4. The van der Waals surface area contributed by atoms with E-state index < -0.39 is 0 Å². The van der Waals surface area contributed by atoms with Gasteiger partial charge in [0.15, 0.2) is 0 Å². The van der Waals surface area contributed by atoms with Gasteiger partial charge in [-0.15, -0.1) is 0 Å². The summed E-state index contributed by atoms with van der Waals surface area (Å²) in [7, 11) is 0. The van der Waals surface area contributed by atoms with Gasteiger partial charge >= 0.3 is 0 Å². The summed E-state index contributed by atoms with van der Waals surface area (Å²) in [4.78, 5) is 11.8. The summed E-state index contributed by atoms with van der Waals surface area (Å²) in [5, 5.41) is 11.4. The predicted octanol–water partition coefficient (Wildman–Crippen LogP) is 2.73. The highest BCUT2D eigenvalue weighted by Crippen LogP contribution is 2.15. The van der Waals surface area contributed by atoms with E-state index in [0.717, 1.165) is 12.8 Å². The van der Waals surface area contributed by atoms with Gasteiger partial charge in [-0.3, -0.25) is 4.79 Å². The molecule has 122 valence electrons. The minimum atomic E-state index is -0.204. The lowest BCUT2D eigenvalue weighted by molar-refractivity contribution is 0.0944. The molecule has 1 amide bonds. The molecule has 0 heterocycles. The summed E-state index contributed by atoms with van der Waals surface area (Å²) in [5.41, 5.74) is 3.18. The smallest absolute Gasteiger partial charge is 0.251 e. The molecule has 2 N–H and O–H groups in total. The number of hydrogen-bond acceptors (Lipinski definition) is 3. The fourth-order valence-electron chi connectivity index (χ4n) is 2.34. The monoisotopic (exact) mass is 313 g/mol. The maximum atomic E-state index is 11.8. The number of ether oxygens (including phenoxy) is 1. The molecule has 0 aliphatic carbocycles. The molecular weight excluding hydrogens is 290 g/mol. The number of nitrogens with one attached hydrogen (secondary N) is 1. The first-order chi connectivity index (χ1) is 11.2. The van der Waals surface area contributed by atoms with Gasteiger partial charge in [-0.1, -0.05) is 30.3 Å². The Bertz CT molecular complexity index is 640. The van der Waals surface area contributed by atoms with E-state index in [9.17, 15) is 4.79 Å². The third kappa shape index (κ3) is 5.42. The van der Waals surface area contributed by atoms with Crippen LogP contribution in [0, 0.1) is 6.92 Å². The Balaban J connectivity index is 1.82. The van der Waals surface area contributed by atoms with Crippen LogP contribution in [0.4, 0.5) is 0 Å². The van der Waals surface area contributed by atoms with Crippen molar-refractivity contribution >= 4 is 5.91 Å². The van der Waals surface area contributed by atoms with Crippen LogP contribution in [0.25, 0.3) is 0 Å². The molecule has 2 aromatic rings. The van der Waals surface area contributed by atoms with Crippen molar-refractivity contribution in [3.05, 3.63) is 65.2 Å². The summed E-state index contributed by atoms with van der Waals surface area (Å²) < 4.78 is 5.73. The molecule has 0 bridgehead atoms. The standard InChI is InChI=1S/C19H23NO3/c1-15-6-2-3-7-16(15)9-5-13-23-18-10-4-8-17(14-18)19(22)20-11-12-21/h2-4,6-8,10,14,21H,5,9,11-13H2,1H3,(H,20,22). The van der Waals surface area contributed by atoms with E-state index in [1.807, 2.05) is 12.1 Å². The molecule has 0 radical (unpaired) electrons. The maximum Gasteiger partial charge on any atom is 0.251 e. The molecule has 0 saturated heterocycles. The Morgan fingerprint density at radius 1 is 1.17 bits per heavy atom. The normalized spacial score (nSPS) is 10.3. The second-order valence-corrected chi connectivity index (χ2v) is 5.39. The number of amides is 1. The van der Waals surface area contributed by atoms with Gasteiger partial charge in [0.1, 0.15) is 5.75 Å². The number of carbonyl (C=O) groups excluding carboxylic acids is 1. The first-order valence-corrected chi connectivity index (χ1v) is 7.87. The van der Waals surface area contributed by atoms with Crippen molar-refractivity contribution in [2.75, 3.05) is 19.8 Å². The van der Waals surface area contributed by atoms with E-state index in [4.69, 9.17) is 9.84 Å². The molecule has 4 heteroatoms. The molecule has 0 fully saturated rings. The van der Waals surface area contributed by atoms with Crippen LogP contribution in [0.1, 0.15) is 27.9 Å². The first kappa shape index (κ1) is 17.0. The van der Waals surface area contributed by atoms with E-state index >= 15 is 0 Å². The van der Waals surface area contributed by atoms with Gasteiger partial charge in [0.05, 0.1) is 13.2 Å². The number of aryl methyl sites for hydroxylation is 2. The van der Waals surface area contributed by atoms with Crippen LogP contribution in [0.15, 0.2) is 48.5 Å². The van der Waals surface area contributed by atoms with Gasteiger partial charge in [0.2, 0.25) is 0 Å². The van der Waals surface area contributed by atoms with Gasteiger partial charge < -0.3 is 15.2 Å².